The Morgan fingerprint density at radius 2 is 1.11 bits per heavy atom. The third kappa shape index (κ3) is 8.49. The molecule has 0 fully saturated rings. The average Bonchev–Trinajstić information content (AvgIpc) is 2.99. The molecular weight excluding hydrogens is 623 g/mol. The Morgan fingerprint density at radius 1 is 0.644 bits per heavy atom. The van der Waals surface area contributed by atoms with Gasteiger partial charge in [0.05, 0.1) is 17.7 Å². The first-order valence-corrected chi connectivity index (χ1v) is 13.0. The molecule has 5 nitrogen and oxygen atoms in total. The van der Waals surface area contributed by atoms with Gasteiger partial charge < -0.3 is 14.2 Å². The molecule has 0 aromatic heterocycles. The highest BCUT2D eigenvalue weighted by Crippen LogP contribution is 2.53. The van der Waals surface area contributed by atoms with Gasteiger partial charge in [0, 0.05) is 11.1 Å². The Bertz CT molecular complexity index is 1520. The lowest BCUT2D eigenvalue weighted by molar-refractivity contribution is -0.398. The van der Waals surface area contributed by atoms with Gasteiger partial charge in [0.15, 0.2) is 6.61 Å². The molecule has 0 saturated carbocycles. The molecule has 14 heteroatoms. The van der Waals surface area contributed by atoms with Crippen LogP contribution in [0.5, 0.6) is 11.5 Å². The number of ether oxygens (including phenoxy) is 3. The van der Waals surface area contributed by atoms with Gasteiger partial charge in [-0.05, 0) is 79.2 Å². The molecule has 0 aliphatic carbocycles. The van der Waals surface area contributed by atoms with Crippen molar-refractivity contribution in [1.29, 1.82) is 0 Å². The minimum atomic E-state index is -7.11. The predicted molar refractivity (Wildman–Crippen MR) is 142 cm³/mol. The number of unbranched alkanes of at least 4 members (excludes halogenated alkanes) is 1. The SMILES string of the molecule is CCCCOc1ccc(C#Cc2ccc(OC(=O)c3ccc(C(=O)OCC(F)(F)C(F)(F)C(F)(F)C(F)(F)F)cc3)cc2)cc1. The average molecular weight is 647 g/mol. The van der Waals surface area contributed by atoms with Gasteiger partial charge in [-0.2, -0.15) is 39.5 Å². The molecule has 0 radical (unpaired) electrons. The lowest BCUT2D eigenvalue weighted by atomic mass is 10.0. The van der Waals surface area contributed by atoms with Gasteiger partial charge >= 0.3 is 35.9 Å². The zero-order chi connectivity index (χ0) is 33.5. The first-order chi connectivity index (χ1) is 21.0. The standard InChI is InChI=1S/C31H23F9O5/c1-2-3-18-43-24-14-6-20(7-15-24)4-5-21-8-16-25(17-9-21)45-27(42)23-12-10-22(11-13-23)26(41)44-19-28(32,33)29(34,35)30(36,37)31(38,39)40/h6-17H,2-3,18-19H2,1H3. The molecule has 3 rings (SSSR count). The molecule has 0 N–H and O–H groups in total. The van der Waals surface area contributed by atoms with Gasteiger partial charge in [-0.1, -0.05) is 25.2 Å². The van der Waals surface area contributed by atoms with E-state index in [-0.39, 0.29) is 11.3 Å². The second-order valence-corrected chi connectivity index (χ2v) is 9.39. The maximum Gasteiger partial charge on any atom is 0.460 e. The van der Waals surface area contributed by atoms with Crippen molar-refractivity contribution in [2.45, 2.75) is 43.7 Å². The van der Waals surface area contributed by atoms with Crippen molar-refractivity contribution in [3.05, 3.63) is 95.1 Å². The monoisotopic (exact) mass is 646 g/mol. The third-order valence-corrected chi connectivity index (χ3v) is 5.99. The van der Waals surface area contributed by atoms with Crippen LogP contribution >= 0.6 is 0 Å². The van der Waals surface area contributed by atoms with Gasteiger partial charge in [0.2, 0.25) is 0 Å². The first-order valence-electron chi connectivity index (χ1n) is 13.0. The quantitative estimate of drug-likeness (QED) is 0.0693. The highest BCUT2D eigenvalue weighted by Gasteiger charge is 2.82. The Morgan fingerprint density at radius 3 is 1.58 bits per heavy atom. The van der Waals surface area contributed by atoms with E-state index in [4.69, 9.17) is 9.47 Å². The molecule has 3 aromatic rings. The first kappa shape index (κ1) is 34.8. The second kappa shape index (κ2) is 14.0. The van der Waals surface area contributed by atoms with Crippen molar-refractivity contribution < 1.29 is 63.3 Å². The van der Waals surface area contributed by atoms with E-state index in [0.29, 0.717) is 12.2 Å². The zero-order valence-electron chi connectivity index (χ0n) is 23.2. The van der Waals surface area contributed by atoms with Gasteiger partial charge in [0.1, 0.15) is 11.5 Å². The fourth-order valence-electron chi connectivity index (χ4n) is 3.37. The van der Waals surface area contributed by atoms with Crippen LogP contribution in [0.1, 0.15) is 51.6 Å². The summed E-state index contributed by atoms with van der Waals surface area (Å²) in [5.41, 5.74) is 0.593. The van der Waals surface area contributed by atoms with Crippen molar-refractivity contribution in [1.82, 2.24) is 0 Å². The molecule has 0 aliphatic heterocycles. The number of rotatable bonds is 11. The van der Waals surface area contributed by atoms with E-state index in [1.165, 1.54) is 12.1 Å². The lowest BCUT2D eigenvalue weighted by Crippen LogP contribution is -2.62. The molecule has 0 amide bonds. The van der Waals surface area contributed by atoms with Gasteiger partial charge in [-0.3, -0.25) is 0 Å². The number of esters is 2. The number of carbonyl (C=O) groups is 2. The fourth-order valence-corrected chi connectivity index (χ4v) is 3.37. The summed E-state index contributed by atoms with van der Waals surface area (Å²) in [6, 6.07) is 16.9. The molecule has 0 heterocycles. The van der Waals surface area contributed by atoms with E-state index in [1.807, 2.05) is 24.3 Å². The van der Waals surface area contributed by atoms with Gasteiger partial charge in [-0.15, -0.1) is 0 Å². The van der Waals surface area contributed by atoms with E-state index in [1.54, 1.807) is 12.1 Å². The molecule has 0 unspecified atom stereocenters. The Balaban J connectivity index is 1.56. The lowest BCUT2D eigenvalue weighted by Gasteiger charge is -2.33. The molecule has 0 bridgehead atoms. The topological polar surface area (TPSA) is 61.8 Å². The fraction of sp³-hybridized carbons (Fsp3) is 0.290. The van der Waals surface area contributed by atoms with E-state index in [9.17, 15) is 49.1 Å². The van der Waals surface area contributed by atoms with E-state index >= 15 is 0 Å². The zero-order valence-corrected chi connectivity index (χ0v) is 23.2. The Kier molecular flexibility index (Phi) is 10.8. The number of alkyl halides is 9. The summed E-state index contributed by atoms with van der Waals surface area (Å²) >= 11 is 0. The van der Waals surface area contributed by atoms with Crippen molar-refractivity contribution >= 4 is 11.9 Å². The van der Waals surface area contributed by atoms with Crippen LogP contribution in [0.25, 0.3) is 0 Å². The van der Waals surface area contributed by atoms with Crippen LogP contribution in [-0.2, 0) is 4.74 Å². The molecule has 0 atom stereocenters. The number of carbonyl (C=O) groups excluding carboxylic acids is 2. The summed E-state index contributed by atoms with van der Waals surface area (Å²) in [6.07, 6.45) is -5.03. The Labute approximate surface area is 250 Å². The summed E-state index contributed by atoms with van der Waals surface area (Å²) < 4.78 is 131. The molecule has 0 aliphatic rings. The van der Waals surface area contributed by atoms with Gasteiger partial charge in [-0.25, -0.2) is 9.59 Å². The maximum atomic E-state index is 13.6. The molecule has 240 valence electrons. The highest BCUT2D eigenvalue weighted by atomic mass is 19.4. The molecule has 0 spiro atoms. The van der Waals surface area contributed by atoms with Gasteiger partial charge in [0.25, 0.3) is 0 Å². The summed E-state index contributed by atoms with van der Waals surface area (Å²) in [5.74, 6) is -16.0. The van der Waals surface area contributed by atoms with Crippen molar-refractivity contribution in [2.24, 2.45) is 0 Å². The van der Waals surface area contributed by atoms with E-state index < -0.39 is 48.1 Å². The summed E-state index contributed by atoms with van der Waals surface area (Å²) in [6.45, 7) is -0.0929. The Hall–Kier alpha value is -4.67. The van der Waals surface area contributed by atoms with Crippen LogP contribution in [0.4, 0.5) is 39.5 Å². The number of hydrogen-bond donors (Lipinski definition) is 0. The maximum absolute atomic E-state index is 13.6. The molecule has 3 aromatic carbocycles. The smallest absolute Gasteiger partial charge is 0.460 e. The third-order valence-electron chi connectivity index (χ3n) is 5.99. The summed E-state index contributed by atoms with van der Waals surface area (Å²) in [4.78, 5) is 24.4. The summed E-state index contributed by atoms with van der Waals surface area (Å²) in [5, 5.41) is 0. The van der Waals surface area contributed by atoms with Crippen LogP contribution in [-0.4, -0.2) is 49.1 Å². The number of benzene rings is 3. The second-order valence-electron chi connectivity index (χ2n) is 9.39. The minimum absolute atomic E-state index is 0.112. The van der Waals surface area contributed by atoms with Crippen LogP contribution in [0, 0.1) is 11.8 Å². The van der Waals surface area contributed by atoms with Crippen molar-refractivity contribution in [2.75, 3.05) is 13.2 Å². The molecule has 45 heavy (non-hydrogen) atoms. The predicted octanol–water partition coefficient (Wildman–Crippen LogP) is 8.11. The van der Waals surface area contributed by atoms with E-state index in [2.05, 4.69) is 23.5 Å². The highest BCUT2D eigenvalue weighted by molar-refractivity contribution is 5.94. The van der Waals surface area contributed by atoms with Crippen molar-refractivity contribution in [3.8, 4) is 23.3 Å². The van der Waals surface area contributed by atoms with Crippen LogP contribution in [0.15, 0.2) is 72.8 Å². The largest absolute Gasteiger partial charge is 0.494 e. The molecular formula is C31H23F9O5. The number of hydrogen-bond acceptors (Lipinski definition) is 5. The summed E-state index contributed by atoms with van der Waals surface area (Å²) in [7, 11) is 0. The van der Waals surface area contributed by atoms with Crippen LogP contribution < -0.4 is 9.47 Å². The minimum Gasteiger partial charge on any atom is -0.494 e. The number of halogens is 9. The van der Waals surface area contributed by atoms with Crippen LogP contribution in [0.2, 0.25) is 0 Å². The molecule has 0 saturated heterocycles. The van der Waals surface area contributed by atoms with Crippen LogP contribution in [0.3, 0.4) is 0 Å². The van der Waals surface area contributed by atoms with Crippen molar-refractivity contribution in [3.63, 3.8) is 0 Å². The normalized spacial score (nSPS) is 12.1. The van der Waals surface area contributed by atoms with E-state index in [0.717, 1.165) is 48.4 Å².